The highest BCUT2D eigenvalue weighted by Gasteiger charge is 2.17. The van der Waals surface area contributed by atoms with E-state index < -0.39 is 0 Å². The molecule has 1 atom stereocenters. The molecule has 1 amide bonds. The van der Waals surface area contributed by atoms with Crippen molar-refractivity contribution in [1.82, 2.24) is 14.9 Å². The van der Waals surface area contributed by atoms with Crippen molar-refractivity contribution in [2.75, 3.05) is 18.9 Å². The van der Waals surface area contributed by atoms with Crippen LogP contribution in [0.5, 0.6) is 0 Å². The number of thiophene rings is 1. The monoisotopic (exact) mass is 367 g/mol. The Balaban J connectivity index is 1.66. The molecule has 0 aromatic carbocycles. The second kappa shape index (κ2) is 8.13. The first-order valence-electron chi connectivity index (χ1n) is 8.18. The van der Waals surface area contributed by atoms with Gasteiger partial charge in [-0.2, -0.15) is 0 Å². The SMILES string of the molecule is CCCn1c(SCC(=O)NC[C@H]2CCCO2)nc2ccsc2c1=O. The molecule has 0 radical (unpaired) electrons. The minimum Gasteiger partial charge on any atom is -0.376 e. The van der Waals surface area contributed by atoms with Crippen LogP contribution >= 0.6 is 23.1 Å². The quantitative estimate of drug-likeness (QED) is 0.600. The molecule has 3 rings (SSSR count). The van der Waals surface area contributed by atoms with E-state index in [0.29, 0.717) is 28.5 Å². The largest absolute Gasteiger partial charge is 0.376 e. The Morgan fingerprint density at radius 1 is 1.58 bits per heavy atom. The van der Waals surface area contributed by atoms with E-state index in [1.165, 1.54) is 23.1 Å². The summed E-state index contributed by atoms with van der Waals surface area (Å²) in [4.78, 5) is 29.1. The number of hydrogen-bond donors (Lipinski definition) is 1. The molecule has 1 aliphatic heterocycles. The van der Waals surface area contributed by atoms with Crippen LogP contribution in [0.1, 0.15) is 26.2 Å². The third-order valence-electron chi connectivity index (χ3n) is 3.86. The lowest BCUT2D eigenvalue weighted by Crippen LogP contribution is -2.33. The van der Waals surface area contributed by atoms with Gasteiger partial charge in [-0.25, -0.2) is 4.98 Å². The second-order valence-electron chi connectivity index (χ2n) is 5.71. The molecule has 2 aromatic heterocycles. The first-order valence-corrected chi connectivity index (χ1v) is 10.0. The maximum atomic E-state index is 12.5. The zero-order chi connectivity index (χ0) is 16.9. The Morgan fingerprint density at radius 3 is 3.21 bits per heavy atom. The summed E-state index contributed by atoms with van der Waals surface area (Å²) < 4.78 is 7.85. The molecule has 1 N–H and O–H groups in total. The third-order valence-corrected chi connectivity index (χ3v) is 5.73. The molecule has 1 aliphatic rings. The third kappa shape index (κ3) is 3.99. The smallest absolute Gasteiger partial charge is 0.272 e. The van der Waals surface area contributed by atoms with Gasteiger partial charge in [-0.3, -0.25) is 14.2 Å². The number of hydrogen-bond acceptors (Lipinski definition) is 6. The predicted octanol–water partition coefficient (Wildman–Crippen LogP) is 2.26. The number of amides is 1. The molecule has 1 saturated heterocycles. The Bertz CT molecular complexity index is 766. The van der Waals surface area contributed by atoms with E-state index in [4.69, 9.17) is 4.74 Å². The summed E-state index contributed by atoms with van der Waals surface area (Å²) in [7, 11) is 0. The van der Waals surface area contributed by atoms with Gasteiger partial charge < -0.3 is 10.1 Å². The molecular formula is C16H21N3O3S2. The molecule has 3 heterocycles. The van der Waals surface area contributed by atoms with Crippen LogP contribution in [0.25, 0.3) is 10.2 Å². The van der Waals surface area contributed by atoms with Gasteiger partial charge in [0.15, 0.2) is 5.16 Å². The number of nitrogens with one attached hydrogen (secondary N) is 1. The molecule has 0 bridgehead atoms. The number of fused-ring (bicyclic) bond motifs is 1. The van der Waals surface area contributed by atoms with Crippen molar-refractivity contribution < 1.29 is 9.53 Å². The molecule has 8 heteroatoms. The van der Waals surface area contributed by atoms with Crippen LogP contribution in [0.15, 0.2) is 21.4 Å². The average molecular weight is 367 g/mol. The fourth-order valence-corrected chi connectivity index (χ4v) is 4.30. The van der Waals surface area contributed by atoms with Crippen molar-refractivity contribution >= 4 is 39.2 Å². The van der Waals surface area contributed by atoms with E-state index >= 15 is 0 Å². The minimum absolute atomic E-state index is 0.0147. The molecule has 0 spiro atoms. The van der Waals surface area contributed by atoms with E-state index in [2.05, 4.69) is 10.3 Å². The molecule has 1 fully saturated rings. The lowest BCUT2D eigenvalue weighted by atomic mass is 10.2. The van der Waals surface area contributed by atoms with Crippen LogP contribution in [0.3, 0.4) is 0 Å². The van der Waals surface area contributed by atoms with Gasteiger partial charge in [-0.1, -0.05) is 18.7 Å². The lowest BCUT2D eigenvalue weighted by molar-refractivity contribution is -0.119. The van der Waals surface area contributed by atoms with Crippen molar-refractivity contribution in [2.24, 2.45) is 0 Å². The Hall–Kier alpha value is -1.38. The number of carbonyl (C=O) groups excluding carboxylic acids is 1. The Kier molecular flexibility index (Phi) is 5.91. The predicted molar refractivity (Wildman–Crippen MR) is 96.9 cm³/mol. The van der Waals surface area contributed by atoms with E-state index in [9.17, 15) is 9.59 Å². The van der Waals surface area contributed by atoms with Crippen molar-refractivity contribution in [1.29, 1.82) is 0 Å². The molecule has 0 saturated carbocycles. The maximum absolute atomic E-state index is 12.5. The van der Waals surface area contributed by atoms with Crippen LogP contribution in [0, 0.1) is 0 Å². The zero-order valence-electron chi connectivity index (χ0n) is 13.6. The van der Waals surface area contributed by atoms with Gasteiger partial charge in [-0.15, -0.1) is 11.3 Å². The molecule has 6 nitrogen and oxygen atoms in total. The molecule has 2 aromatic rings. The fourth-order valence-electron chi connectivity index (χ4n) is 2.67. The van der Waals surface area contributed by atoms with Crippen LogP contribution in [0.2, 0.25) is 0 Å². The summed E-state index contributed by atoms with van der Waals surface area (Å²) in [5, 5.41) is 5.38. The van der Waals surface area contributed by atoms with E-state index in [1.807, 2.05) is 18.4 Å². The van der Waals surface area contributed by atoms with Crippen LogP contribution in [-0.2, 0) is 16.1 Å². The lowest BCUT2D eigenvalue weighted by Gasteiger charge is -2.12. The number of aromatic nitrogens is 2. The molecule has 0 aliphatic carbocycles. The van der Waals surface area contributed by atoms with Gasteiger partial charge >= 0.3 is 0 Å². The Morgan fingerprint density at radius 2 is 2.46 bits per heavy atom. The summed E-state index contributed by atoms with van der Waals surface area (Å²) in [6, 6.07) is 1.85. The van der Waals surface area contributed by atoms with Crippen molar-refractivity contribution in [2.45, 2.75) is 44.0 Å². The van der Waals surface area contributed by atoms with Crippen LogP contribution < -0.4 is 10.9 Å². The highest BCUT2D eigenvalue weighted by atomic mass is 32.2. The van der Waals surface area contributed by atoms with Crippen LogP contribution in [-0.4, -0.2) is 40.5 Å². The Labute approximate surface area is 148 Å². The molecular weight excluding hydrogens is 346 g/mol. The topological polar surface area (TPSA) is 73.2 Å². The van der Waals surface area contributed by atoms with E-state index in [1.54, 1.807) is 4.57 Å². The summed E-state index contributed by atoms with van der Waals surface area (Å²) >= 11 is 2.72. The number of carbonyl (C=O) groups is 1. The summed E-state index contributed by atoms with van der Waals surface area (Å²) in [6.07, 6.45) is 3.04. The first kappa shape index (κ1) is 17.4. The molecule has 24 heavy (non-hydrogen) atoms. The second-order valence-corrected chi connectivity index (χ2v) is 7.57. The maximum Gasteiger partial charge on any atom is 0.272 e. The highest BCUT2D eigenvalue weighted by Crippen LogP contribution is 2.21. The van der Waals surface area contributed by atoms with E-state index in [0.717, 1.165) is 25.9 Å². The van der Waals surface area contributed by atoms with Crippen molar-refractivity contribution in [3.8, 4) is 0 Å². The average Bonchev–Trinajstić information content (AvgIpc) is 3.25. The summed E-state index contributed by atoms with van der Waals surface area (Å²) in [5.41, 5.74) is 0.693. The molecule has 130 valence electrons. The number of ether oxygens (including phenoxy) is 1. The standard InChI is InChI=1S/C16H21N3O3S2/c1-2-6-19-15(21)14-12(5-8-23-14)18-16(19)24-10-13(20)17-9-11-4-3-7-22-11/h5,8,11H,2-4,6-7,9-10H2,1H3,(H,17,20)/t11-/m1/s1. The summed E-state index contributed by atoms with van der Waals surface area (Å²) in [5.74, 6) is 0.191. The van der Waals surface area contributed by atoms with Crippen molar-refractivity contribution in [3.05, 3.63) is 21.8 Å². The van der Waals surface area contributed by atoms with Gasteiger partial charge in [0.05, 0.1) is 17.4 Å². The first-order chi connectivity index (χ1) is 11.7. The molecule has 0 unspecified atom stereocenters. The zero-order valence-corrected chi connectivity index (χ0v) is 15.3. The van der Waals surface area contributed by atoms with Crippen LogP contribution in [0.4, 0.5) is 0 Å². The number of rotatable bonds is 7. The van der Waals surface area contributed by atoms with Gasteiger partial charge in [-0.05, 0) is 30.7 Å². The van der Waals surface area contributed by atoms with Gasteiger partial charge in [0, 0.05) is 19.7 Å². The summed E-state index contributed by atoms with van der Waals surface area (Å²) in [6.45, 7) is 3.97. The highest BCUT2D eigenvalue weighted by molar-refractivity contribution is 7.99. The fraction of sp³-hybridized carbons (Fsp3) is 0.562. The number of thioether (sulfide) groups is 1. The normalized spacial score (nSPS) is 17.5. The van der Waals surface area contributed by atoms with Gasteiger partial charge in [0.1, 0.15) is 4.70 Å². The minimum atomic E-state index is -0.0572. The van der Waals surface area contributed by atoms with E-state index in [-0.39, 0.29) is 23.3 Å². The van der Waals surface area contributed by atoms with Gasteiger partial charge in [0.25, 0.3) is 5.56 Å². The van der Waals surface area contributed by atoms with Crippen molar-refractivity contribution in [3.63, 3.8) is 0 Å². The van der Waals surface area contributed by atoms with Gasteiger partial charge in [0.2, 0.25) is 5.91 Å². The number of nitrogens with zero attached hydrogens (tertiary/aromatic N) is 2.